The molecular formula is C13H17FN2O2. The first-order chi connectivity index (χ1) is 8.50. The van der Waals surface area contributed by atoms with Gasteiger partial charge in [0.05, 0.1) is 6.20 Å². The second-order valence-corrected chi connectivity index (χ2v) is 4.98. The standard InChI is InChI=1S/C13H17FN2O2/c1-8(2)11-4-3-5-16(11)12-10(13(17)18)6-9(14)7-15-12/h6-8,11H,3-5H2,1-2H3,(H,17,18). The molecule has 5 heteroatoms. The van der Waals surface area contributed by atoms with Crippen molar-refractivity contribution in [3.05, 3.63) is 23.6 Å². The highest BCUT2D eigenvalue weighted by Crippen LogP contribution is 2.30. The van der Waals surface area contributed by atoms with E-state index in [1.54, 1.807) is 0 Å². The predicted molar refractivity (Wildman–Crippen MR) is 66.4 cm³/mol. The van der Waals surface area contributed by atoms with E-state index in [-0.39, 0.29) is 11.6 Å². The summed E-state index contributed by atoms with van der Waals surface area (Å²) in [7, 11) is 0. The molecule has 0 saturated carbocycles. The van der Waals surface area contributed by atoms with Gasteiger partial charge in [-0.2, -0.15) is 0 Å². The van der Waals surface area contributed by atoms with Crippen LogP contribution in [0.15, 0.2) is 12.3 Å². The number of aromatic carboxylic acids is 1. The molecule has 1 N–H and O–H groups in total. The summed E-state index contributed by atoms with van der Waals surface area (Å²) in [6.45, 7) is 4.99. The SMILES string of the molecule is CC(C)C1CCCN1c1ncc(F)cc1C(=O)O. The van der Waals surface area contributed by atoms with Crippen molar-refractivity contribution < 1.29 is 14.3 Å². The van der Waals surface area contributed by atoms with Crippen LogP contribution in [0, 0.1) is 11.7 Å². The third kappa shape index (κ3) is 2.30. The van der Waals surface area contributed by atoms with Crippen molar-refractivity contribution in [3.8, 4) is 0 Å². The molecule has 1 aromatic rings. The number of anilines is 1. The fraction of sp³-hybridized carbons (Fsp3) is 0.538. The van der Waals surface area contributed by atoms with Gasteiger partial charge in [-0.15, -0.1) is 0 Å². The van der Waals surface area contributed by atoms with E-state index in [0.29, 0.717) is 11.7 Å². The highest BCUT2D eigenvalue weighted by molar-refractivity contribution is 5.93. The second kappa shape index (κ2) is 4.92. The molecule has 0 aliphatic carbocycles. The van der Waals surface area contributed by atoms with E-state index < -0.39 is 11.8 Å². The van der Waals surface area contributed by atoms with Crippen molar-refractivity contribution in [3.63, 3.8) is 0 Å². The zero-order chi connectivity index (χ0) is 13.3. The highest BCUT2D eigenvalue weighted by Gasteiger charge is 2.30. The minimum absolute atomic E-state index is 0.0532. The summed E-state index contributed by atoms with van der Waals surface area (Å²) in [5, 5.41) is 9.14. The van der Waals surface area contributed by atoms with E-state index in [0.717, 1.165) is 31.6 Å². The molecule has 1 aliphatic rings. The number of rotatable bonds is 3. The minimum atomic E-state index is -1.13. The van der Waals surface area contributed by atoms with Gasteiger partial charge in [0.25, 0.3) is 0 Å². The van der Waals surface area contributed by atoms with Gasteiger partial charge < -0.3 is 10.0 Å². The summed E-state index contributed by atoms with van der Waals surface area (Å²) in [5.74, 6) is -0.941. The molecule has 1 aliphatic heterocycles. The van der Waals surface area contributed by atoms with Gasteiger partial charge in [0.15, 0.2) is 0 Å². The number of hydrogen-bond donors (Lipinski definition) is 1. The minimum Gasteiger partial charge on any atom is -0.478 e. The van der Waals surface area contributed by atoms with Gasteiger partial charge in [0.2, 0.25) is 0 Å². The molecule has 0 radical (unpaired) electrons. The first-order valence-corrected chi connectivity index (χ1v) is 6.16. The molecule has 1 fully saturated rings. The van der Waals surface area contributed by atoms with Crippen LogP contribution in [-0.4, -0.2) is 28.6 Å². The van der Waals surface area contributed by atoms with Crippen LogP contribution in [0.1, 0.15) is 37.0 Å². The summed E-state index contributed by atoms with van der Waals surface area (Å²) < 4.78 is 13.1. The van der Waals surface area contributed by atoms with Crippen molar-refractivity contribution in [2.45, 2.75) is 32.7 Å². The van der Waals surface area contributed by atoms with E-state index in [1.807, 2.05) is 4.90 Å². The van der Waals surface area contributed by atoms with E-state index >= 15 is 0 Å². The molecular weight excluding hydrogens is 235 g/mol. The Labute approximate surface area is 105 Å². The lowest BCUT2D eigenvalue weighted by molar-refractivity contribution is 0.0696. The molecule has 1 atom stereocenters. The lowest BCUT2D eigenvalue weighted by atomic mass is 10.0. The number of halogens is 1. The molecule has 0 aromatic carbocycles. The maximum atomic E-state index is 13.1. The lowest BCUT2D eigenvalue weighted by Crippen LogP contribution is -2.35. The third-order valence-electron chi connectivity index (χ3n) is 3.40. The fourth-order valence-electron chi connectivity index (χ4n) is 2.57. The summed E-state index contributed by atoms with van der Waals surface area (Å²) in [4.78, 5) is 17.2. The number of carboxylic acid groups (broad SMARTS) is 1. The zero-order valence-corrected chi connectivity index (χ0v) is 10.6. The average Bonchev–Trinajstić information content (AvgIpc) is 2.77. The number of pyridine rings is 1. The molecule has 4 nitrogen and oxygen atoms in total. The van der Waals surface area contributed by atoms with E-state index in [4.69, 9.17) is 5.11 Å². The first-order valence-electron chi connectivity index (χ1n) is 6.16. The molecule has 2 rings (SSSR count). The van der Waals surface area contributed by atoms with Crippen LogP contribution < -0.4 is 4.90 Å². The predicted octanol–water partition coefficient (Wildman–Crippen LogP) is 2.54. The van der Waals surface area contributed by atoms with Crippen LogP contribution in [0.4, 0.5) is 10.2 Å². The maximum Gasteiger partial charge on any atom is 0.339 e. The Morgan fingerprint density at radius 1 is 1.61 bits per heavy atom. The van der Waals surface area contributed by atoms with Crippen LogP contribution in [-0.2, 0) is 0 Å². The molecule has 1 aromatic heterocycles. The smallest absolute Gasteiger partial charge is 0.339 e. The van der Waals surface area contributed by atoms with Crippen LogP contribution in [0.3, 0.4) is 0 Å². The number of hydrogen-bond acceptors (Lipinski definition) is 3. The quantitative estimate of drug-likeness (QED) is 0.898. The van der Waals surface area contributed by atoms with Gasteiger partial charge >= 0.3 is 5.97 Å². The van der Waals surface area contributed by atoms with Crippen LogP contribution >= 0.6 is 0 Å². The average molecular weight is 252 g/mol. The summed E-state index contributed by atoms with van der Waals surface area (Å²) in [6.07, 6.45) is 3.12. The maximum absolute atomic E-state index is 13.1. The Morgan fingerprint density at radius 2 is 2.33 bits per heavy atom. The summed E-state index contributed by atoms with van der Waals surface area (Å²) in [6, 6.07) is 1.32. The van der Waals surface area contributed by atoms with Gasteiger partial charge in [-0.25, -0.2) is 14.2 Å². The van der Waals surface area contributed by atoms with Gasteiger partial charge in [-0.05, 0) is 24.8 Å². The van der Waals surface area contributed by atoms with Gasteiger partial charge in [-0.3, -0.25) is 0 Å². The molecule has 18 heavy (non-hydrogen) atoms. The van der Waals surface area contributed by atoms with Gasteiger partial charge in [0.1, 0.15) is 17.2 Å². The number of nitrogens with zero attached hydrogens (tertiary/aromatic N) is 2. The Balaban J connectivity index is 2.41. The van der Waals surface area contributed by atoms with Crippen molar-refractivity contribution in [2.75, 3.05) is 11.4 Å². The Bertz CT molecular complexity index is 462. The number of carboxylic acids is 1. The first kappa shape index (κ1) is 12.8. The molecule has 0 bridgehead atoms. The Hall–Kier alpha value is -1.65. The van der Waals surface area contributed by atoms with Gasteiger partial charge in [-0.1, -0.05) is 13.8 Å². The number of carbonyl (C=O) groups is 1. The molecule has 98 valence electrons. The number of aromatic nitrogens is 1. The van der Waals surface area contributed by atoms with Crippen molar-refractivity contribution in [2.24, 2.45) is 5.92 Å². The van der Waals surface area contributed by atoms with E-state index in [9.17, 15) is 9.18 Å². The molecule has 1 unspecified atom stereocenters. The molecule has 2 heterocycles. The molecule has 0 spiro atoms. The Kier molecular flexibility index (Phi) is 3.50. The zero-order valence-electron chi connectivity index (χ0n) is 10.6. The van der Waals surface area contributed by atoms with E-state index in [1.165, 1.54) is 0 Å². The fourth-order valence-corrected chi connectivity index (χ4v) is 2.57. The van der Waals surface area contributed by atoms with Crippen LogP contribution in [0.25, 0.3) is 0 Å². The normalized spacial score (nSPS) is 19.6. The molecule has 1 saturated heterocycles. The third-order valence-corrected chi connectivity index (χ3v) is 3.40. The van der Waals surface area contributed by atoms with Crippen molar-refractivity contribution in [1.29, 1.82) is 0 Å². The topological polar surface area (TPSA) is 53.4 Å². The van der Waals surface area contributed by atoms with Crippen LogP contribution in [0.2, 0.25) is 0 Å². The Morgan fingerprint density at radius 3 is 2.94 bits per heavy atom. The largest absolute Gasteiger partial charge is 0.478 e. The lowest BCUT2D eigenvalue weighted by Gasteiger charge is -2.29. The highest BCUT2D eigenvalue weighted by atomic mass is 19.1. The summed E-state index contributed by atoms with van der Waals surface area (Å²) >= 11 is 0. The monoisotopic (exact) mass is 252 g/mol. The molecule has 0 amide bonds. The van der Waals surface area contributed by atoms with E-state index in [2.05, 4.69) is 18.8 Å². The van der Waals surface area contributed by atoms with Crippen molar-refractivity contribution in [1.82, 2.24) is 4.98 Å². The summed E-state index contributed by atoms with van der Waals surface area (Å²) in [5.41, 5.74) is -0.0532. The van der Waals surface area contributed by atoms with Crippen LogP contribution in [0.5, 0.6) is 0 Å². The second-order valence-electron chi connectivity index (χ2n) is 4.98. The van der Waals surface area contributed by atoms with Crippen molar-refractivity contribution >= 4 is 11.8 Å². The van der Waals surface area contributed by atoms with Gasteiger partial charge in [0, 0.05) is 12.6 Å².